The van der Waals surface area contributed by atoms with Crippen molar-refractivity contribution in [2.45, 2.75) is 82.5 Å². The Labute approximate surface area is 335 Å². The molecule has 4 saturated carbocycles. The van der Waals surface area contributed by atoms with Crippen LogP contribution in [0.1, 0.15) is 88.5 Å². The van der Waals surface area contributed by atoms with Crippen molar-refractivity contribution in [3.8, 4) is 22.3 Å². The van der Waals surface area contributed by atoms with Gasteiger partial charge in [0, 0.05) is 42.6 Å². The highest BCUT2D eigenvalue weighted by Gasteiger charge is 2.84. The number of thiophene rings is 1. The second kappa shape index (κ2) is 10.6. The lowest BCUT2D eigenvalue weighted by atomic mass is 9.26. The lowest BCUT2D eigenvalue weighted by molar-refractivity contribution is -0.231. The van der Waals surface area contributed by atoms with Crippen molar-refractivity contribution < 1.29 is 0 Å². The molecule has 0 radical (unpaired) electrons. The molecule has 4 fully saturated rings. The van der Waals surface area contributed by atoms with Gasteiger partial charge < -0.3 is 4.90 Å². The standard InChI is InChI=1S/C54H49NS/c1-51(2)24-25-52(3,4)45-30-37(20-22-44(45)51)55(36-21-23-47-42(29-36)40-11-6-8-15-46(40)56-47)35-18-16-33(17-19-35)38-12-9-13-41-39-10-5-7-14-43(39)54(50(38)41)48-27-32-26-34-28-49(54)53(34,48)31-32/h5-23,29-30,32,34,48-49H,24-28,31H2,1-4H3. The Morgan fingerprint density at radius 3 is 2.07 bits per heavy atom. The van der Waals surface area contributed by atoms with Crippen LogP contribution in [0.3, 0.4) is 0 Å². The molecule has 0 saturated heterocycles. The van der Waals surface area contributed by atoms with Crippen LogP contribution in [0.15, 0.2) is 127 Å². The van der Waals surface area contributed by atoms with Gasteiger partial charge in [-0.05, 0) is 171 Å². The zero-order valence-electron chi connectivity index (χ0n) is 33.0. The van der Waals surface area contributed by atoms with Crippen molar-refractivity contribution in [2.24, 2.45) is 29.1 Å². The number of anilines is 3. The van der Waals surface area contributed by atoms with Crippen LogP contribution in [-0.4, -0.2) is 0 Å². The quantitative estimate of drug-likeness (QED) is 0.174. The van der Waals surface area contributed by atoms with Crippen molar-refractivity contribution >= 4 is 48.6 Å². The summed E-state index contributed by atoms with van der Waals surface area (Å²) >= 11 is 1.90. The van der Waals surface area contributed by atoms with Gasteiger partial charge in [0.25, 0.3) is 0 Å². The third kappa shape index (κ3) is 3.84. The maximum atomic E-state index is 2.53. The predicted molar refractivity (Wildman–Crippen MR) is 236 cm³/mol. The molecule has 7 aromatic rings. The minimum atomic E-state index is 0.129. The highest BCUT2D eigenvalue weighted by molar-refractivity contribution is 7.25. The zero-order chi connectivity index (χ0) is 37.3. The SMILES string of the molecule is CC1(C)CCC(C)(C)c2cc(N(c3ccc(-c4cccc5c4C4(c6ccccc6-5)C5CC6CC7CC4C75C6)cc3)c3ccc4sc5ccccc5c4c3)ccc21. The average Bonchev–Trinajstić information content (AvgIpc) is 3.95. The highest BCUT2D eigenvalue weighted by atomic mass is 32.1. The average molecular weight is 744 g/mol. The van der Waals surface area contributed by atoms with Crippen LogP contribution in [-0.2, 0) is 16.2 Å². The molecule has 6 atom stereocenters. The fourth-order valence-corrected chi connectivity index (χ4v) is 15.5. The molecule has 56 heavy (non-hydrogen) atoms. The maximum Gasteiger partial charge on any atom is 0.0468 e. The van der Waals surface area contributed by atoms with E-state index >= 15 is 0 Å². The van der Waals surface area contributed by atoms with Crippen molar-refractivity contribution in [1.82, 2.24) is 0 Å². The van der Waals surface area contributed by atoms with E-state index in [0.29, 0.717) is 5.41 Å². The number of benzene rings is 6. The molecule has 1 nitrogen and oxygen atoms in total. The molecule has 6 unspecified atom stereocenters. The van der Waals surface area contributed by atoms with E-state index in [4.69, 9.17) is 0 Å². The summed E-state index contributed by atoms with van der Waals surface area (Å²) in [6.07, 6.45) is 8.30. The molecule has 276 valence electrons. The van der Waals surface area contributed by atoms with Gasteiger partial charge in [0.05, 0.1) is 0 Å². The molecular weight excluding hydrogens is 695 g/mol. The minimum Gasteiger partial charge on any atom is -0.310 e. The number of nitrogens with zero attached hydrogens (tertiary/aromatic N) is 1. The normalized spacial score (nSPS) is 29.1. The van der Waals surface area contributed by atoms with Gasteiger partial charge in [-0.2, -0.15) is 0 Å². The second-order valence-electron chi connectivity index (χ2n) is 20.0. The monoisotopic (exact) mass is 743 g/mol. The van der Waals surface area contributed by atoms with Gasteiger partial charge in [0.15, 0.2) is 0 Å². The molecule has 6 aromatic carbocycles. The van der Waals surface area contributed by atoms with E-state index in [1.165, 1.54) is 109 Å². The Bertz CT molecular complexity index is 2820. The van der Waals surface area contributed by atoms with Crippen LogP contribution in [0, 0.1) is 29.1 Å². The smallest absolute Gasteiger partial charge is 0.0468 e. The summed E-state index contributed by atoms with van der Waals surface area (Å²) in [5, 5.41) is 2.68. The fraction of sp³-hybridized carbons (Fsp3) is 0.333. The van der Waals surface area contributed by atoms with Crippen molar-refractivity contribution in [3.63, 3.8) is 0 Å². The molecule has 13 rings (SSSR count). The van der Waals surface area contributed by atoms with Gasteiger partial charge in [0.1, 0.15) is 0 Å². The molecule has 0 amide bonds. The van der Waals surface area contributed by atoms with Gasteiger partial charge in [-0.15, -0.1) is 11.3 Å². The third-order valence-electron chi connectivity index (χ3n) is 16.8. The summed E-state index contributed by atoms with van der Waals surface area (Å²) in [7, 11) is 0. The summed E-state index contributed by atoms with van der Waals surface area (Å²) < 4.78 is 2.70. The van der Waals surface area contributed by atoms with Gasteiger partial charge in [-0.3, -0.25) is 0 Å². The topological polar surface area (TPSA) is 3.24 Å². The summed E-state index contributed by atoms with van der Waals surface area (Å²) in [4.78, 5) is 2.53. The second-order valence-corrected chi connectivity index (χ2v) is 21.1. The van der Waals surface area contributed by atoms with E-state index < -0.39 is 0 Å². The maximum absolute atomic E-state index is 2.53. The minimum absolute atomic E-state index is 0.129. The Morgan fingerprint density at radius 2 is 1.21 bits per heavy atom. The zero-order valence-corrected chi connectivity index (χ0v) is 33.8. The van der Waals surface area contributed by atoms with Crippen molar-refractivity contribution in [3.05, 3.63) is 150 Å². The van der Waals surface area contributed by atoms with E-state index in [1.54, 1.807) is 11.1 Å². The third-order valence-corrected chi connectivity index (χ3v) is 17.9. The van der Waals surface area contributed by atoms with Crippen LogP contribution >= 0.6 is 11.3 Å². The first-order valence-electron chi connectivity index (χ1n) is 21.4. The van der Waals surface area contributed by atoms with Crippen LogP contribution < -0.4 is 4.90 Å². The molecule has 1 heterocycles. The molecule has 6 aliphatic rings. The molecular formula is C54H49NS. The molecule has 2 heteroatoms. The fourth-order valence-electron chi connectivity index (χ4n) is 14.4. The summed E-state index contributed by atoms with van der Waals surface area (Å²) in [6.45, 7) is 9.75. The Morgan fingerprint density at radius 1 is 0.536 bits per heavy atom. The van der Waals surface area contributed by atoms with Crippen LogP contribution in [0.5, 0.6) is 0 Å². The van der Waals surface area contributed by atoms with E-state index in [1.807, 2.05) is 11.3 Å². The number of hydrogen-bond donors (Lipinski definition) is 0. The van der Waals surface area contributed by atoms with Crippen molar-refractivity contribution in [2.75, 3.05) is 4.90 Å². The summed E-state index contributed by atoms with van der Waals surface area (Å²) in [6, 6.07) is 49.9. The lowest BCUT2D eigenvalue weighted by Crippen LogP contribution is -2.73. The van der Waals surface area contributed by atoms with Crippen LogP contribution in [0.2, 0.25) is 0 Å². The lowest BCUT2D eigenvalue weighted by Gasteiger charge is -2.76. The number of hydrogen-bond acceptors (Lipinski definition) is 2. The first-order chi connectivity index (χ1) is 27.2. The highest BCUT2D eigenvalue weighted by Crippen LogP contribution is 2.90. The van der Waals surface area contributed by atoms with Crippen LogP contribution in [0.4, 0.5) is 17.1 Å². The van der Waals surface area contributed by atoms with Crippen molar-refractivity contribution in [1.29, 1.82) is 0 Å². The van der Waals surface area contributed by atoms with E-state index in [0.717, 1.165) is 23.7 Å². The Kier molecular flexibility index (Phi) is 6.16. The van der Waals surface area contributed by atoms with Crippen LogP contribution in [0.25, 0.3) is 42.4 Å². The number of rotatable bonds is 4. The van der Waals surface area contributed by atoms with Gasteiger partial charge in [-0.1, -0.05) is 107 Å². The predicted octanol–water partition coefficient (Wildman–Crippen LogP) is 14.9. The van der Waals surface area contributed by atoms with E-state index in [-0.39, 0.29) is 16.2 Å². The van der Waals surface area contributed by atoms with E-state index in [2.05, 4.69) is 160 Å². The first-order valence-corrected chi connectivity index (χ1v) is 22.2. The Balaban J connectivity index is 0.970. The Hall–Kier alpha value is -4.66. The first kappa shape index (κ1) is 32.4. The molecule has 0 aliphatic heterocycles. The summed E-state index contributed by atoms with van der Waals surface area (Å²) in [5.74, 6) is 3.55. The molecule has 2 bridgehead atoms. The van der Waals surface area contributed by atoms with Gasteiger partial charge in [-0.25, -0.2) is 0 Å². The largest absolute Gasteiger partial charge is 0.310 e. The number of fused-ring (bicyclic) bond motifs is 12. The molecule has 6 aliphatic carbocycles. The summed E-state index contributed by atoms with van der Waals surface area (Å²) in [5.41, 5.74) is 16.9. The van der Waals surface area contributed by atoms with E-state index in [9.17, 15) is 0 Å². The molecule has 1 aromatic heterocycles. The molecule has 0 N–H and O–H groups in total. The molecule has 2 spiro atoms. The van der Waals surface area contributed by atoms with Gasteiger partial charge >= 0.3 is 0 Å². The van der Waals surface area contributed by atoms with Gasteiger partial charge in [0.2, 0.25) is 0 Å².